The van der Waals surface area contributed by atoms with Crippen molar-refractivity contribution in [1.29, 1.82) is 0 Å². The fourth-order valence-corrected chi connectivity index (χ4v) is 3.33. The quantitative estimate of drug-likeness (QED) is 0.594. The third-order valence-electron chi connectivity index (χ3n) is 4.74. The van der Waals surface area contributed by atoms with Crippen molar-refractivity contribution in [2.75, 3.05) is 20.3 Å². The zero-order valence-electron chi connectivity index (χ0n) is 16.9. The maximum absolute atomic E-state index is 5.50. The molecule has 7 heteroatoms. The van der Waals surface area contributed by atoms with Gasteiger partial charge in [-0.25, -0.2) is 9.97 Å². The molecule has 0 unspecified atom stereocenters. The van der Waals surface area contributed by atoms with Crippen LogP contribution in [-0.2, 0) is 21.5 Å². The number of imidazole rings is 1. The molecule has 146 valence electrons. The lowest BCUT2D eigenvalue weighted by Gasteiger charge is -2.25. The van der Waals surface area contributed by atoms with Crippen LogP contribution in [0.2, 0.25) is 0 Å². The fourth-order valence-electron chi connectivity index (χ4n) is 3.33. The Balaban J connectivity index is 1.94. The number of oxime groups is 1. The molecule has 2 aromatic heterocycles. The highest BCUT2D eigenvalue weighted by molar-refractivity contribution is 5.96. The van der Waals surface area contributed by atoms with Gasteiger partial charge < -0.3 is 14.1 Å². The first kappa shape index (κ1) is 19.5. The Morgan fingerprint density at radius 1 is 1.22 bits per heavy atom. The lowest BCUT2D eigenvalue weighted by molar-refractivity contribution is 0.0608. The second-order valence-electron chi connectivity index (χ2n) is 8.06. The van der Waals surface area contributed by atoms with Crippen LogP contribution >= 0.6 is 0 Å². The molecule has 27 heavy (non-hydrogen) atoms. The first-order chi connectivity index (χ1) is 12.9. The van der Waals surface area contributed by atoms with Gasteiger partial charge in [-0.1, -0.05) is 25.9 Å². The second-order valence-corrected chi connectivity index (χ2v) is 8.06. The summed E-state index contributed by atoms with van der Waals surface area (Å²) in [7, 11) is 1.52. The van der Waals surface area contributed by atoms with E-state index in [-0.39, 0.29) is 5.41 Å². The first-order valence-electron chi connectivity index (χ1n) is 9.44. The van der Waals surface area contributed by atoms with E-state index >= 15 is 0 Å². The maximum atomic E-state index is 5.50. The molecule has 0 spiro atoms. The molecule has 0 bridgehead atoms. The fraction of sp³-hybridized carbons (Fsp3) is 0.600. The molecule has 0 aromatic carbocycles. The summed E-state index contributed by atoms with van der Waals surface area (Å²) < 4.78 is 7.79. The van der Waals surface area contributed by atoms with Crippen molar-refractivity contribution in [2.24, 2.45) is 11.1 Å². The molecule has 1 fully saturated rings. The molecule has 1 aliphatic heterocycles. The molecule has 0 atom stereocenters. The van der Waals surface area contributed by atoms with Gasteiger partial charge in [-0.15, -0.1) is 0 Å². The van der Waals surface area contributed by atoms with E-state index in [0.29, 0.717) is 17.3 Å². The van der Waals surface area contributed by atoms with E-state index in [1.807, 2.05) is 6.92 Å². The monoisotopic (exact) mass is 371 g/mol. The smallest absolute Gasteiger partial charge is 0.114 e. The summed E-state index contributed by atoms with van der Waals surface area (Å²) in [6, 6.07) is 0. The van der Waals surface area contributed by atoms with Crippen molar-refractivity contribution in [3.05, 3.63) is 30.1 Å². The Morgan fingerprint density at radius 2 is 1.96 bits per heavy atom. The third-order valence-corrected chi connectivity index (χ3v) is 4.74. The van der Waals surface area contributed by atoms with Crippen LogP contribution in [0.5, 0.6) is 0 Å². The molecule has 0 amide bonds. The number of hydrogen-bond acceptors (Lipinski definition) is 6. The standard InChI is InChI=1S/C20H29N5O2/c1-14(24-26-5)16-10-21-11-17(22-16)18-13-25(19(23-18)20(2,3)4)12-15-6-8-27-9-7-15/h10-11,13,15H,6-9,12H2,1-5H3. The third kappa shape index (κ3) is 4.71. The summed E-state index contributed by atoms with van der Waals surface area (Å²) in [5, 5.41) is 3.95. The van der Waals surface area contributed by atoms with Gasteiger partial charge in [0.05, 0.1) is 12.4 Å². The van der Waals surface area contributed by atoms with Gasteiger partial charge >= 0.3 is 0 Å². The normalized spacial score (nSPS) is 16.6. The van der Waals surface area contributed by atoms with Crippen molar-refractivity contribution in [3.8, 4) is 11.4 Å². The predicted molar refractivity (Wildman–Crippen MR) is 105 cm³/mol. The minimum Gasteiger partial charge on any atom is -0.399 e. The van der Waals surface area contributed by atoms with Gasteiger partial charge in [-0.05, 0) is 25.7 Å². The number of hydrogen-bond donors (Lipinski definition) is 0. The van der Waals surface area contributed by atoms with Crippen LogP contribution in [0.1, 0.15) is 52.1 Å². The van der Waals surface area contributed by atoms with E-state index in [0.717, 1.165) is 49.8 Å². The molecule has 1 saturated heterocycles. The van der Waals surface area contributed by atoms with Gasteiger partial charge in [-0.2, -0.15) is 0 Å². The van der Waals surface area contributed by atoms with Gasteiger partial charge in [0.25, 0.3) is 0 Å². The van der Waals surface area contributed by atoms with Crippen molar-refractivity contribution in [3.63, 3.8) is 0 Å². The summed E-state index contributed by atoms with van der Waals surface area (Å²) in [5.74, 6) is 1.69. The van der Waals surface area contributed by atoms with E-state index in [4.69, 9.17) is 14.6 Å². The van der Waals surface area contributed by atoms with Crippen LogP contribution in [-0.4, -0.2) is 45.6 Å². The minimum atomic E-state index is -0.0537. The van der Waals surface area contributed by atoms with Crippen molar-refractivity contribution in [2.45, 2.75) is 52.5 Å². The SMILES string of the molecule is CON=C(C)c1cncc(-c2cn(CC3CCOCC3)c(C(C)(C)C)n2)n1. The van der Waals surface area contributed by atoms with Gasteiger partial charge in [-0.3, -0.25) is 4.98 Å². The number of ether oxygens (including phenoxy) is 1. The van der Waals surface area contributed by atoms with E-state index < -0.39 is 0 Å². The number of nitrogens with zero attached hydrogens (tertiary/aromatic N) is 5. The summed E-state index contributed by atoms with van der Waals surface area (Å²) in [5.41, 5.74) is 2.90. The molecular weight excluding hydrogens is 342 g/mol. The zero-order valence-corrected chi connectivity index (χ0v) is 16.9. The first-order valence-corrected chi connectivity index (χ1v) is 9.44. The lowest BCUT2D eigenvalue weighted by Crippen LogP contribution is -2.24. The Labute approximate surface area is 160 Å². The highest BCUT2D eigenvalue weighted by Crippen LogP contribution is 2.28. The zero-order chi connectivity index (χ0) is 19.4. The van der Waals surface area contributed by atoms with Crippen LogP contribution in [0, 0.1) is 5.92 Å². The Kier molecular flexibility index (Phi) is 5.89. The predicted octanol–water partition coefficient (Wildman–Crippen LogP) is 3.43. The Hall–Kier alpha value is -2.28. The molecular formula is C20H29N5O2. The van der Waals surface area contributed by atoms with Crippen LogP contribution in [0.25, 0.3) is 11.4 Å². The lowest BCUT2D eigenvalue weighted by atomic mass is 9.94. The largest absolute Gasteiger partial charge is 0.399 e. The van der Waals surface area contributed by atoms with Gasteiger partial charge in [0.2, 0.25) is 0 Å². The van der Waals surface area contributed by atoms with Crippen molar-refractivity contribution >= 4 is 5.71 Å². The molecule has 7 nitrogen and oxygen atoms in total. The van der Waals surface area contributed by atoms with E-state index in [1.165, 1.54) is 7.11 Å². The average Bonchev–Trinajstić information content (AvgIpc) is 3.07. The highest BCUT2D eigenvalue weighted by Gasteiger charge is 2.25. The number of aromatic nitrogens is 4. The average molecular weight is 371 g/mol. The van der Waals surface area contributed by atoms with Crippen LogP contribution in [0.3, 0.4) is 0 Å². The molecule has 3 heterocycles. The summed E-state index contributed by atoms with van der Waals surface area (Å²) >= 11 is 0. The minimum absolute atomic E-state index is 0.0537. The summed E-state index contributed by atoms with van der Waals surface area (Å²) in [6.07, 6.45) is 7.73. The van der Waals surface area contributed by atoms with Gasteiger partial charge in [0, 0.05) is 31.4 Å². The molecule has 2 aromatic rings. The molecule has 3 rings (SSSR count). The summed E-state index contributed by atoms with van der Waals surface area (Å²) in [6.45, 7) is 11.1. The number of rotatable bonds is 5. The van der Waals surface area contributed by atoms with E-state index in [2.05, 4.69) is 46.7 Å². The van der Waals surface area contributed by atoms with Crippen molar-refractivity contribution in [1.82, 2.24) is 19.5 Å². The highest BCUT2D eigenvalue weighted by atomic mass is 16.6. The maximum Gasteiger partial charge on any atom is 0.114 e. The van der Waals surface area contributed by atoms with Crippen molar-refractivity contribution < 1.29 is 9.57 Å². The van der Waals surface area contributed by atoms with Gasteiger partial charge in [0.15, 0.2) is 0 Å². The van der Waals surface area contributed by atoms with E-state index in [9.17, 15) is 0 Å². The summed E-state index contributed by atoms with van der Waals surface area (Å²) in [4.78, 5) is 18.8. The molecule has 0 aliphatic carbocycles. The van der Waals surface area contributed by atoms with Crippen LogP contribution < -0.4 is 0 Å². The molecule has 0 N–H and O–H groups in total. The van der Waals surface area contributed by atoms with E-state index in [1.54, 1.807) is 12.4 Å². The molecule has 1 aliphatic rings. The molecule has 0 radical (unpaired) electrons. The topological polar surface area (TPSA) is 74.4 Å². The van der Waals surface area contributed by atoms with Crippen LogP contribution in [0.15, 0.2) is 23.7 Å². The molecule has 0 saturated carbocycles. The Morgan fingerprint density at radius 3 is 2.63 bits per heavy atom. The second kappa shape index (κ2) is 8.17. The Bertz CT molecular complexity index is 801. The van der Waals surface area contributed by atoms with Gasteiger partial charge in [0.1, 0.15) is 35.7 Å². The van der Waals surface area contributed by atoms with Crippen LogP contribution in [0.4, 0.5) is 0 Å².